The topological polar surface area (TPSA) is 41.5 Å². The van der Waals surface area contributed by atoms with Crippen LogP contribution in [0.1, 0.15) is 46.0 Å². The summed E-state index contributed by atoms with van der Waals surface area (Å²) in [6, 6.07) is 1.00. The van der Waals surface area contributed by atoms with Gasteiger partial charge in [0.2, 0.25) is 0 Å². The lowest BCUT2D eigenvalue weighted by atomic mass is 9.90. The van der Waals surface area contributed by atoms with Gasteiger partial charge in [0.1, 0.15) is 0 Å². The van der Waals surface area contributed by atoms with Crippen LogP contribution in [-0.4, -0.2) is 37.0 Å². The van der Waals surface area contributed by atoms with Gasteiger partial charge in [-0.05, 0) is 38.0 Å². The van der Waals surface area contributed by atoms with E-state index in [1.54, 1.807) is 7.11 Å². The largest absolute Gasteiger partial charge is 0.396 e. The zero-order valence-corrected chi connectivity index (χ0v) is 10.9. The molecule has 0 aromatic heterocycles. The Morgan fingerprint density at radius 1 is 1.38 bits per heavy atom. The molecule has 0 aromatic carbocycles. The van der Waals surface area contributed by atoms with Crippen molar-refractivity contribution >= 4 is 0 Å². The second-order valence-corrected chi connectivity index (χ2v) is 5.25. The third kappa shape index (κ3) is 4.40. The van der Waals surface area contributed by atoms with E-state index in [0.717, 1.165) is 12.8 Å². The fourth-order valence-electron chi connectivity index (χ4n) is 2.56. The molecule has 0 bridgehead atoms. The van der Waals surface area contributed by atoms with Crippen LogP contribution in [0.4, 0.5) is 0 Å². The molecule has 1 aliphatic rings. The number of nitrogens with one attached hydrogen (secondary N) is 1. The van der Waals surface area contributed by atoms with Crippen LogP contribution in [-0.2, 0) is 4.74 Å². The molecule has 1 rings (SSSR count). The van der Waals surface area contributed by atoms with Gasteiger partial charge in [-0.3, -0.25) is 0 Å². The highest BCUT2D eigenvalue weighted by Gasteiger charge is 2.24. The third-order valence-corrected chi connectivity index (χ3v) is 3.65. The Labute approximate surface area is 99.6 Å². The summed E-state index contributed by atoms with van der Waals surface area (Å²) in [5, 5.41) is 12.7. The zero-order chi connectivity index (χ0) is 12.0. The van der Waals surface area contributed by atoms with Gasteiger partial charge >= 0.3 is 0 Å². The van der Waals surface area contributed by atoms with Crippen LogP contribution in [0.15, 0.2) is 0 Å². The first kappa shape index (κ1) is 13.9. The maximum absolute atomic E-state index is 9.05. The van der Waals surface area contributed by atoms with Crippen molar-refractivity contribution < 1.29 is 9.84 Å². The monoisotopic (exact) mass is 229 g/mol. The molecule has 0 aromatic rings. The maximum atomic E-state index is 9.05. The summed E-state index contributed by atoms with van der Waals surface area (Å²) >= 11 is 0. The predicted molar refractivity (Wildman–Crippen MR) is 66.5 cm³/mol. The highest BCUT2D eigenvalue weighted by atomic mass is 16.5. The van der Waals surface area contributed by atoms with Crippen molar-refractivity contribution in [2.75, 3.05) is 13.7 Å². The minimum Gasteiger partial charge on any atom is -0.396 e. The van der Waals surface area contributed by atoms with E-state index in [-0.39, 0.29) is 6.61 Å². The molecule has 1 aliphatic carbocycles. The highest BCUT2D eigenvalue weighted by molar-refractivity contribution is 4.82. The lowest BCUT2D eigenvalue weighted by molar-refractivity contribution is 0.0547. The quantitative estimate of drug-likeness (QED) is 0.731. The summed E-state index contributed by atoms with van der Waals surface area (Å²) in [7, 11) is 1.81. The van der Waals surface area contributed by atoms with Gasteiger partial charge in [0.15, 0.2) is 0 Å². The first-order valence-corrected chi connectivity index (χ1v) is 6.57. The Hall–Kier alpha value is -0.120. The lowest BCUT2D eigenvalue weighted by Crippen LogP contribution is -2.45. The van der Waals surface area contributed by atoms with Crippen molar-refractivity contribution in [3.8, 4) is 0 Å². The van der Waals surface area contributed by atoms with Crippen LogP contribution < -0.4 is 5.32 Å². The van der Waals surface area contributed by atoms with Gasteiger partial charge in [-0.15, -0.1) is 0 Å². The summed E-state index contributed by atoms with van der Waals surface area (Å²) < 4.78 is 5.43. The molecule has 0 saturated heterocycles. The molecule has 0 aliphatic heterocycles. The molecular formula is C13H27NO2. The molecule has 1 saturated carbocycles. The average Bonchev–Trinajstić information content (AvgIpc) is 2.28. The van der Waals surface area contributed by atoms with Gasteiger partial charge in [-0.25, -0.2) is 0 Å². The zero-order valence-electron chi connectivity index (χ0n) is 10.9. The summed E-state index contributed by atoms with van der Waals surface area (Å²) in [5.41, 5.74) is 0. The number of rotatable bonds is 6. The minimum atomic E-state index is 0.274. The Morgan fingerprint density at radius 2 is 2.12 bits per heavy atom. The van der Waals surface area contributed by atoms with Crippen LogP contribution in [0.3, 0.4) is 0 Å². The van der Waals surface area contributed by atoms with Crippen molar-refractivity contribution in [1.29, 1.82) is 0 Å². The van der Waals surface area contributed by atoms with Gasteiger partial charge in [0.05, 0.1) is 6.10 Å². The third-order valence-electron chi connectivity index (χ3n) is 3.65. The molecule has 16 heavy (non-hydrogen) atoms. The molecule has 96 valence electrons. The molecular weight excluding hydrogens is 202 g/mol. The van der Waals surface area contributed by atoms with Crippen LogP contribution in [0.25, 0.3) is 0 Å². The normalized spacial score (nSPS) is 28.3. The molecule has 3 nitrogen and oxygen atoms in total. The fourth-order valence-corrected chi connectivity index (χ4v) is 2.56. The first-order valence-electron chi connectivity index (χ1n) is 6.57. The van der Waals surface area contributed by atoms with Crippen molar-refractivity contribution in [2.24, 2.45) is 5.92 Å². The van der Waals surface area contributed by atoms with E-state index in [4.69, 9.17) is 9.84 Å². The van der Waals surface area contributed by atoms with Crippen LogP contribution in [0.2, 0.25) is 0 Å². The van der Waals surface area contributed by atoms with Gasteiger partial charge in [0.25, 0.3) is 0 Å². The highest BCUT2D eigenvalue weighted by Crippen LogP contribution is 2.22. The SMILES string of the molecule is COC1CCCC(NC(CCO)C(C)C)C1. The standard InChI is InChI=1S/C13H27NO2/c1-10(2)13(7-8-15)14-11-5-4-6-12(9-11)16-3/h10-15H,4-9H2,1-3H3. The van der Waals surface area contributed by atoms with Gasteiger partial charge in [-0.2, -0.15) is 0 Å². The Kier molecular flexibility index (Phi) is 6.32. The molecule has 0 radical (unpaired) electrons. The molecule has 0 heterocycles. The van der Waals surface area contributed by atoms with E-state index in [1.165, 1.54) is 19.3 Å². The molecule has 0 spiro atoms. The maximum Gasteiger partial charge on any atom is 0.0586 e. The average molecular weight is 229 g/mol. The second kappa shape index (κ2) is 7.25. The van der Waals surface area contributed by atoms with E-state index in [2.05, 4.69) is 19.2 Å². The summed E-state index contributed by atoms with van der Waals surface area (Å²) in [6.45, 7) is 4.70. The lowest BCUT2D eigenvalue weighted by Gasteiger charge is -2.33. The van der Waals surface area contributed by atoms with E-state index < -0.39 is 0 Å². The predicted octanol–water partition coefficient (Wildman–Crippen LogP) is 1.94. The molecule has 2 N–H and O–H groups in total. The molecule has 0 amide bonds. The van der Waals surface area contributed by atoms with Crippen molar-refractivity contribution in [3.05, 3.63) is 0 Å². The molecule has 1 fully saturated rings. The van der Waals surface area contributed by atoms with E-state index >= 15 is 0 Å². The van der Waals surface area contributed by atoms with Gasteiger partial charge in [-0.1, -0.05) is 13.8 Å². The molecule has 3 unspecified atom stereocenters. The van der Waals surface area contributed by atoms with Gasteiger partial charge < -0.3 is 15.2 Å². The summed E-state index contributed by atoms with van der Waals surface area (Å²) in [4.78, 5) is 0. The summed E-state index contributed by atoms with van der Waals surface area (Å²) in [5.74, 6) is 0.579. The Bertz CT molecular complexity index is 185. The van der Waals surface area contributed by atoms with E-state index in [1.807, 2.05) is 0 Å². The van der Waals surface area contributed by atoms with Crippen molar-refractivity contribution in [3.63, 3.8) is 0 Å². The van der Waals surface area contributed by atoms with Crippen LogP contribution in [0, 0.1) is 5.92 Å². The summed E-state index contributed by atoms with van der Waals surface area (Å²) in [6.07, 6.45) is 6.08. The number of aliphatic hydroxyl groups is 1. The number of aliphatic hydroxyl groups excluding tert-OH is 1. The van der Waals surface area contributed by atoms with Crippen molar-refractivity contribution in [2.45, 2.75) is 64.1 Å². The van der Waals surface area contributed by atoms with Crippen LogP contribution in [0.5, 0.6) is 0 Å². The fraction of sp³-hybridized carbons (Fsp3) is 1.00. The molecule has 3 heteroatoms. The molecule has 3 atom stereocenters. The van der Waals surface area contributed by atoms with E-state index in [9.17, 15) is 0 Å². The number of methoxy groups -OCH3 is 1. The number of hydrogen-bond donors (Lipinski definition) is 2. The Balaban J connectivity index is 2.38. The number of ether oxygens (including phenoxy) is 1. The number of hydrogen-bond acceptors (Lipinski definition) is 3. The first-order chi connectivity index (χ1) is 7.67. The Morgan fingerprint density at radius 3 is 2.69 bits per heavy atom. The van der Waals surface area contributed by atoms with Crippen molar-refractivity contribution in [1.82, 2.24) is 5.32 Å². The smallest absolute Gasteiger partial charge is 0.0586 e. The second-order valence-electron chi connectivity index (χ2n) is 5.25. The van der Waals surface area contributed by atoms with E-state index in [0.29, 0.717) is 24.1 Å². The minimum absolute atomic E-state index is 0.274. The van der Waals surface area contributed by atoms with Crippen LogP contribution >= 0.6 is 0 Å². The van der Waals surface area contributed by atoms with Gasteiger partial charge in [0, 0.05) is 25.8 Å².